The van der Waals surface area contributed by atoms with Crippen LogP contribution in [0.5, 0.6) is 0 Å². The Morgan fingerprint density at radius 2 is 2.00 bits per heavy atom. The van der Waals surface area contributed by atoms with Crippen LogP contribution in [-0.4, -0.2) is 26.9 Å². The average Bonchev–Trinajstić information content (AvgIpc) is 2.65. The fourth-order valence-corrected chi connectivity index (χ4v) is 1.61. The van der Waals surface area contributed by atoms with Gasteiger partial charge in [0.05, 0.1) is 19.8 Å². The number of ether oxygens (including phenoxy) is 2. The third kappa shape index (κ3) is 5.67. The van der Waals surface area contributed by atoms with E-state index in [2.05, 4.69) is 19.2 Å². The van der Waals surface area contributed by atoms with E-state index in [1.807, 2.05) is 20.0 Å². The van der Waals surface area contributed by atoms with Gasteiger partial charge in [-0.05, 0) is 31.5 Å². The third-order valence-electron chi connectivity index (χ3n) is 2.48. The first-order valence-electron chi connectivity index (χ1n) is 6.51. The molecule has 1 N–H and O–H groups in total. The molecule has 0 atom stereocenters. The van der Waals surface area contributed by atoms with Crippen molar-refractivity contribution in [1.82, 2.24) is 5.32 Å². The molecule has 18 heavy (non-hydrogen) atoms. The first-order valence-corrected chi connectivity index (χ1v) is 6.51. The van der Waals surface area contributed by atoms with Crippen LogP contribution in [0.4, 0.5) is 0 Å². The van der Waals surface area contributed by atoms with Crippen LogP contribution in [-0.2, 0) is 22.6 Å². The molecule has 1 rings (SSSR count). The molecule has 1 aromatic rings. The molecule has 0 radical (unpaired) electrons. The van der Waals surface area contributed by atoms with Gasteiger partial charge in [-0.15, -0.1) is 0 Å². The highest BCUT2D eigenvalue weighted by molar-refractivity contribution is 5.19. The lowest BCUT2D eigenvalue weighted by Crippen LogP contribution is -2.08. The number of furan rings is 1. The summed E-state index contributed by atoms with van der Waals surface area (Å²) in [5, 5.41) is 3.08. The first kappa shape index (κ1) is 15.2. The molecular formula is C14H25NO3. The number of nitrogens with one attached hydrogen (secondary N) is 1. The maximum absolute atomic E-state index is 5.67. The van der Waals surface area contributed by atoms with Gasteiger partial charge in [0.15, 0.2) is 0 Å². The summed E-state index contributed by atoms with van der Waals surface area (Å²) < 4.78 is 16.6. The summed E-state index contributed by atoms with van der Waals surface area (Å²) in [6.07, 6.45) is 0. The van der Waals surface area contributed by atoms with Gasteiger partial charge in [0.1, 0.15) is 18.1 Å². The maximum atomic E-state index is 5.67. The second kappa shape index (κ2) is 8.29. The second-order valence-corrected chi connectivity index (χ2v) is 4.87. The van der Waals surface area contributed by atoms with Crippen LogP contribution < -0.4 is 5.32 Å². The molecule has 0 unspecified atom stereocenters. The molecule has 0 fully saturated rings. The third-order valence-corrected chi connectivity index (χ3v) is 2.48. The van der Waals surface area contributed by atoms with Crippen LogP contribution in [0.1, 0.15) is 30.9 Å². The molecule has 0 amide bonds. The molecule has 1 aromatic heterocycles. The highest BCUT2D eigenvalue weighted by Crippen LogP contribution is 2.15. The van der Waals surface area contributed by atoms with E-state index < -0.39 is 0 Å². The Hall–Kier alpha value is -0.840. The standard InChI is InChI=1S/C14H25NO3/c1-11(2)9-16-5-6-17-10-13-7-12(3)14(18-13)8-15-4/h7,11,15H,5-6,8-10H2,1-4H3. The van der Waals surface area contributed by atoms with E-state index in [0.29, 0.717) is 25.7 Å². The predicted octanol–water partition coefficient (Wildman–Crippen LogP) is 2.50. The Morgan fingerprint density at radius 3 is 2.67 bits per heavy atom. The Bertz CT molecular complexity index is 334. The van der Waals surface area contributed by atoms with Crippen LogP contribution in [0.3, 0.4) is 0 Å². The Balaban J connectivity index is 2.17. The number of rotatable bonds is 9. The van der Waals surface area contributed by atoms with Crippen molar-refractivity contribution < 1.29 is 13.9 Å². The highest BCUT2D eigenvalue weighted by Gasteiger charge is 2.06. The lowest BCUT2D eigenvalue weighted by atomic mass is 10.2. The van der Waals surface area contributed by atoms with Crippen molar-refractivity contribution in [2.75, 3.05) is 26.9 Å². The molecule has 1 heterocycles. The quantitative estimate of drug-likeness (QED) is 0.689. The predicted molar refractivity (Wildman–Crippen MR) is 71.5 cm³/mol. The van der Waals surface area contributed by atoms with Crippen molar-refractivity contribution in [3.63, 3.8) is 0 Å². The van der Waals surface area contributed by atoms with Gasteiger partial charge in [-0.3, -0.25) is 0 Å². The smallest absolute Gasteiger partial charge is 0.130 e. The highest BCUT2D eigenvalue weighted by atomic mass is 16.5. The van der Waals surface area contributed by atoms with Crippen LogP contribution in [0, 0.1) is 12.8 Å². The Labute approximate surface area is 110 Å². The van der Waals surface area contributed by atoms with Crippen LogP contribution in [0.25, 0.3) is 0 Å². The van der Waals surface area contributed by atoms with Crippen molar-refractivity contribution in [1.29, 1.82) is 0 Å². The second-order valence-electron chi connectivity index (χ2n) is 4.87. The minimum absolute atomic E-state index is 0.510. The average molecular weight is 255 g/mol. The number of aryl methyl sites for hydroxylation is 1. The molecule has 104 valence electrons. The Morgan fingerprint density at radius 1 is 1.28 bits per heavy atom. The molecule has 0 aliphatic carbocycles. The summed E-state index contributed by atoms with van der Waals surface area (Å²) in [6.45, 7) is 9.61. The van der Waals surface area contributed by atoms with Gasteiger partial charge in [-0.1, -0.05) is 13.8 Å². The van der Waals surface area contributed by atoms with E-state index >= 15 is 0 Å². The van der Waals surface area contributed by atoms with Gasteiger partial charge in [-0.25, -0.2) is 0 Å². The lowest BCUT2D eigenvalue weighted by molar-refractivity contribution is 0.0261. The molecule has 0 saturated carbocycles. The Kier molecular flexibility index (Phi) is 7.01. The normalized spacial score (nSPS) is 11.4. The summed E-state index contributed by atoms with van der Waals surface area (Å²) in [5.41, 5.74) is 1.17. The van der Waals surface area contributed by atoms with Crippen molar-refractivity contribution in [3.05, 3.63) is 23.2 Å². The maximum Gasteiger partial charge on any atom is 0.130 e. The lowest BCUT2D eigenvalue weighted by Gasteiger charge is -2.06. The molecule has 0 aliphatic heterocycles. The SMILES string of the molecule is CNCc1oc(COCCOCC(C)C)cc1C. The summed E-state index contributed by atoms with van der Waals surface area (Å²) in [5.74, 6) is 2.43. The van der Waals surface area contributed by atoms with Crippen LogP contribution >= 0.6 is 0 Å². The minimum Gasteiger partial charge on any atom is -0.462 e. The van der Waals surface area contributed by atoms with Crippen molar-refractivity contribution >= 4 is 0 Å². The van der Waals surface area contributed by atoms with Gasteiger partial charge < -0.3 is 19.2 Å². The van der Waals surface area contributed by atoms with Gasteiger partial charge in [0, 0.05) is 6.61 Å². The van der Waals surface area contributed by atoms with Gasteiger partial charge in [0.25, 0.3) is 0 Å². The zero-order chi connectivity index (χ0) is 13.4. The molecule has 4 heteroatoms. The van der Waals surface area contributed by atoms with E-state index in [9.17, 15) is 0 Å². The number of hydrogen-bond acceptors (Lipinski definition) is 4. The van der Waals surface area contributed by atoms with E-state index in [1.54, 1.807) is 0 Å². The molecular weight excluding hydrogens is 230 g/mol. The first-order chi connectivity index (χ1) is 8.63. The fourth-order valence-electron chi connectivity index (χ4n) is 1.61. The summed E-state index contributed by atoms with van der Waals surface area (Å²) in [4.78, 5) is 0. The largest absolute Gasteiger partial charge is 0.462 e. The molecule has 0 saturated heterocycles. The molecule has 0 aliphatic rings. The van der Waals surface area contributed by atoms with Crippen molar-refractivity contribution in [3.8, 4) is 0 Å². The van der Waals surface area contributed by atoms with Gasteiger partial charge >= 0.3 is 0 Å². The van der Waals surface area contributed by atoms with E-state index in [0.717, 1.165) is 24.7 Å². The minimum atomic E-state index is 0.510. The molecule has 0 spiro atoms. The van der Waals surface area contributed by atoms with Crippen molar-refractivity contribution in [2.45, 2.75) is 33.9 Å². The van der Waals surface area contributed by atoms with E-state index in [-0.39, 0.29) is 0 Å². The fraction of sp³-hybridized carbons (Fsp3) is 0.714. The zero-order valence-corrected chi connectivity index (χ0v) is 11.9. The van der Waals surface area contributed by atoms with E-state index in [1.165, 1.54) is 5.56 Å². The monoisotopic (exact) mass is 255 g/mol. The molecule has 0 bridgehead atoms. The molecule has 4 nitrogen and oxygen atoms in total. The van der Waals surface area contributed by atoms with E-state index in [4.69, 9.17) is 13.9 Å². The number of hydrogen-bond donors (Lipinski definition) is 1. The van der Waals surface area contributed by atoms with Crippen LogP contribution in [0.15, 0.2) is 10.5 Å². The zero-order valence-electron chi connectivity index (χ0n) is 11.9. The topological polar surface area (TPSA) is 43.6 Å². The van der Waals surface area contributed by atoms with Crippen molar-refractivity contribution in [2.24, 2.45) is 5.92 Å². The van der Waals surface area contributed by atoms with Gasteiger partial charge in [0.2, 0.25) is 0 Å². The summed E-state index contributed by atoms with van der Waals surface area (Å²) in [6, 6.07) is 2.03. The summed E-state index contributed by atoms with van der Waals surface area (Å²) in [7, 11) is 1.91. The summed E-state index contributed by atoms with van der Waals surface area (Å²) >= 11 is 0. The molecule has 0 aromatic carbocycles. The van der Waals surface area contributed by atoms with Gasteiger partial charge in [-0.2, -0.15) is 0 Å². The van der Waals surface area contributed by atoms with Crippen LogP contribution in [0.2, 0.25) is 0 Å².